The molecule has 168 valence electrons. The van der Waals surface area contributed by atoms with Gasteiger partial charge >= 0.3 is 7.60 Å². The number of benzene rings is 2. The number of phenolic OH excluding ortho intramolecular Hbond substituents is 1. The van der Waals surface area contributed by atoms with Gasteiger partial charge in [0.05, 0.1) is 31.8 Å². The summed E-state index contributed by atoms with van der Waals surface area (Å²) in [6.45, 7) is 3.71. The fraction of sp³-hybridized carbons (Fsp3) is 0.409. The highest BCUT2D eigenvalue weighted by molar-refractivity contribution is 7.54. The second kappa shape index (κ2) is 9.94. The van der Waals surface area contributed by atoms with Gasteiger partial charge < -0.3 is 18.9 Å². The van der Waals surface area contributed by atoms with Crippen LogP contribution in [0.2, 0.25) is 0 Å². The Bertz CT molecular complexity index is 942. The number of phenols is 1. The number of ether oxygens (including phenoxy) is 1. The van der Waals surface area contributed by atoms with E-state index >= 15 is 0 Å². The Balaban J connectivity index is 2.12. The summed E-state index contributed by atoms with van der Waals surface area (Å²) in [5, 5.41) is 11.9. The molecule has 0 spiro atoms. The molecule has 8 nitrogen and oxygen atoms in total. The van der Waals surface area contributed by atoms with Crippen LogP contribution in [-0.2, 0) is 18.5 Å². The third-order valence-electron chi connectivity index (χ3n) is 5.14. The van der Waals surface area contributed by atoms with Crippen LogP contribution < -0.4 is 4.74 Å². The van der Waals surface area contributed by atoms with Crippen molar-refractivity contribution in [2.75, 3.05) is 27.4 Å². The van der Waals surface area contributed by atoms with Gasteiger partial charge in [-0.05, 0) is 31.5 Å². The first-order chi connectivity index (χ1) is 14.9. The lowest BCUT2D eigenvalue weighted by atomic mass is 9.88. The number of rotatable bonds is 9. The first-order valence-corrected chi connectivity index (χ1v) is 11.7. The van der Waals surface area contributed by atoms with Gasteiger partial charge in [-0.25, -0.2) is 0 Å². The van der Waals surface area contributed by atoms with E-state index in [-0.39, 0.29) is 24.5 Å². The van der Waals surface area contributed by atoms with Gasteiger partial charge in [0, 0.05) is 13.1 Å². The highest BCUT2D eigenvalue weighted by Gasteiger charge is 2.56. The summed E-state index contributed by atoms with van der Waals surface area (Å²) in [7, 11) is -0.694. The van der Waals surface area contributed by atoms with Crippen molar-refractivity contribution in [2.24, 2.45) is 5.92 Å². The minimum Gasteiger partial charge on any atom is -0.507 e. The maximum atomic E-state index is 13.7. The molecule has 0 unspecified atom stereocenters. The molecule has 3 atom stereocenters. The van der Waals surface area contributed by atoms with Gasteiger partial charge in [0.15, 0.2) is 5.78 Å². The van der Waals surface area contributed by atoms with E-state index in [9.17, 15) is 14.5 Å². The smallest absolute Gasteiger partial charge is 0.350 e. The van der Waals surface area contributed by atoms with E-state index in [1.54, 1.807) is 27.0 Å². The summed E-state index contributed by atoms with van der Waals surface area (Å²) >= 11 is 0. The van der Waals surface area contributed by atoms with E-state index in [0.29, 0.717) is 5.75 Å². The minimum absolute atomic E-state index is 0.0789. The maximum absolute atomic E-state index is 13.7. The Morgan fingerprint density at radius 2 is 1.77 bits per heavy atom. The topological polar surface area (TPSA) is 94.5 Å². The highest BCUT2D eigenvalue weighted by atomic mass is 31.2. The molecule has 3 rings (SSSR count). The molecule has 0 aromatic heterocycles. The van der Waals surface area contributed by atoms with Gasteiger partial charge in [-0.1, -0.05) is 30.3 Å². The number of nitrogens with zero attached hydrogens (tertiary/aromatic N) is 1. The number of carbonyl (C=O) groups is 1. The Morgan fingerprint density at radius 3 is 2.32 bits per heavy atom. The molecule has 1 saturated heterocycles. The van der Waals surface area contributed by atoms with Crippen LogP contribution in [0.5, 0.6) is 11.5 Å². The standard InChI is InChI=1S/C22H28NO7P/c1-5-28-31(26,29-6-2)22-19(20(25)17-13-12-16(27-4)14-18(17)24)21(30-23(22)3)15-10-8-7-9-11-15/h7-14,19,21-22,24H,5-6H2,1-4H3/t19-,21-,22-/m1/s1. The molecule has 0 aliphatic carbocycles. The Labute approximate surface area is 182 Å². The fourth-order valence-corrected chi connectivity index (χ4v) is 6.08. The molecule has 1 N–H and O–H groups in total. The van der Waals surface area contributed by atoms with E-state index in [0.717, 1.165) is 5.56 Å². The molecule has 0 saturated carbocycles. The SMILES string of the molecule is CCOP(=O)(OCC)[C@@H]1[C@H](C(=O)c2ccc(OC)cc2O)[C@@H](c2ccccc2)ON1C. The van der Waals surface area contributed by atoms with Gasteiger partial charge in [-0.2, -0.15) is 5.06 Å². The number of hydrogen-bond donors (Lipinski definition) is 1. The lowest BCUT2D eigenvalue weighted by molar-refractivity contribution is -0.137. The average molecular weight is 449 g/mol. The van der Waals surface area contributed by atoms with Gasteiger partial charge in [-0.15, -0.1) is 0 Å². The summed E-state index contributed by atoms with van der Waals surface area (Å²) in [5.41, 5.74) is 0.818. The third-order valence-corrected chi connectivity index (χ3v) is 7.67. The van der Waals surface area contributed by atoms with E-state index in [4.69, 9.17) is 18.6 Å². The predicted molar refractivity (Wildman–Crippen MR) is 115 cm³/mol. The monoisotopic (exact) mass is 449 g/mol. The lowest BCUT2D eigenvalue weighted by Gasteiger charge is -2.29. The highest BCUT2D eigenvalue weighted by Crippen LogP contribution is 2.62. The van der Waals surface area contributed by atoms with E-state index < -0.39 is 31.2 Å². The second-order valence-electron chi connectivity index (χ2n) is 7.04. The summed E-state index contributed by atoms with van der Waals surface area (Å²) in [6.07, 6.45) is -0.737. The molecule has 0 amide bonds. The van der Waals surface area contributed by atoms with Crippen molar-refractivity contribution in [3.63, 3.8) is 0 Å². The summed E-state index contributed by atoms with van der Waals surface area (Å²) in [4.78, 5) is 19.7. The van der Waals surface area contributed by atoms with E-state index in [1.807, 2.05) is 30.3 Å². The lowest BCUT2D eigenvalue weighted by Crippen LogP contribution is -2.35. The Kier molecular flexibility index (Phi) is 7.51. The van der Waals surface area contributed by atoms with Crippen molar-refractivity contribution < 1.29 is 33.1 Å². The molecule has 1 heterocycles. The van der Waals surface area contributed by atoms with Crippen LogP contribution in [0.4, 0.5) is 0 Å². The van der Waals surface area contributed by atoms with Crippen LogP contribution in [0.1, 0.15) is 35.9 Å². The molecule has 1 aliphatic heterocycles. The van der Waals surface area contributed by atoms with Gasteiger partial charge in [-0.3, -0.25) is 14.2 Å². The van der Waals surface area contributed by atoms with Crippen molar-refractivity contribution in [2.45, 2.75) is 25.7 Å². The largest absolute Gasteiger partial charge is 0.507 e. The van der Waals surface area contributed by atoms with Crippen LogP contribution in [0.25, 0.3) is 0 Å². The van der Waals surface area contributed by atoms with Crippen LogP contribution in [0, 0.1) is 5.92 Å². The van der Waals surface area contributed by atoms with Gasteiger partial charge in [0.1, 0.15) is 23.4 Å². The maximum Gasteiger partial charge on any atom is 0.350 e. The Hall–Kier alpha value is -2.22. The molecule has 0 bridgehead atoms. The normalized spacial score (nSPS) is 21.9. The van der Waals surface area contributed by atoms with Crippen LogP contribution in [-0.4, -0.2) is 49.1 Å². The molecule has 2 aromatic carbocycles. The molecule has 2 aromatic rings. The molecule has 9 heteroatoms. The molecule has 1 aliphatic rings. The zero-order valence-corrected chi connectivity index (χ0v) is 19.0. The molecule has 31 heavy (non-hydrogen) atoms. The van der Waals surface area contributed by atoms with Gasteiger partial charge in [0.2, 0.25) is 0 Å². The number of ketones is 1. The number of carbonyl (C=O) groups excluding carboxylic acids is 1. The van der Waals surface area contributed by atoms with Crippen molar-refractivity contribution in [3.8, 4) is 11.5 Å². The third kappa shape index (κ3) is 4.68. The molecule has 0 radical (unpaired) electrons. The number of aromatic hydroxyl groups is 1. The van der Waals surface area contributed by atoms with Crippen LogP contribution >= 0.6 is 7.60 Å². The second-order valence-corrected chi connectivity index (χ2v) is 9.17. The first kappa shape index (κ1) is 23.4. The van der Waals surface area contributed by atoms with Crippen molar-refractivity contribution in [1.29, 1.82) is 0 Å². The zero-order valence-electron chi connectivity index (χ0n) is 18.1. The minimum atomic E-state index is -3.77. The van der Waals surface area contributed by atoms with Crippen LogP contribution in [0.15, 0.2) is 48.5 Å². The molecular weight excluding hydrogens is 421 g/mol. The fourth-order valence-electron chi connectivity index (χ4n) is 3.85. The van der Waals surface area contributed by atoms with Gasteiger partial charge in [0.25, 0.3) is 0 Å². The number of hydroxylamine groups is 2. The first-order valence-electron chi connectivity index (χ1n) is 10.1. The predicted octanol–water partition coefficient (Wildman–Crippen LogP) is 4.41. The van der Waals surface area contributed by atoms with Crippen LogP contribution in [0.3, 0.4) is 0 Å². The van der Waals surface area contributed by atoms with E-state index in [1.165, 1.54) is 24.3 Å². The number of hydrogen-bond acceptors (Lipinski definition) is 8. The van der Waals surface area contributed by atoms with E-state index in [2.05, 4.69) is 0 Å². The molecular formula is C22H28NO7P. The summed E-state index contributed by atoms with van der Waals surface area (Å²) < 4.78 is 30.0. The van der Waals surface area contributed by atoms with Crippen molar-refractivity contribution >= 4 is 13.4 Å². The summed E-state index contributed by atoms with van der Waals surface area (Å²) in [5.74, 6) is -2.18. The molecule has 1 fully saturated rings. The van der Waals surface area contributed by atoms with Crippen molar-refractivity contribution in [1.82, 2.24) is 5.06 Å². The average Bonchev–Trinajstić information content (AvgIpc) is 3.12. The van der Waals surface area contributed by atoms with Crippen molar-refractivity contribution in [3.05, 3.63) is 59.7 Å². The zero-order chi connectivity index (χ0) is 22.6. The summed E-state index contributed by atoms with van der Waals surface area (Å²) in [6, 6.07) is 13.6. The Morgan fingerprint density at radius 1 is 1.13 bits per heavy atom. The number of Topliss-reactive ketones (excluding diaryl/α,β-unsaturated/α-hetero) is 1. The quantitative estimate of drug-likeness (QED) is 0.444. The number of methoxy groups -OCH3 is 1.